The molecule has 18 heavy (non-hydrogen) atoms. The zero-order valence-electron chi connectivity index (χ0n) is 10.7. The van der Waals surface area contributed by atoms with Crippen LogP contribution in [0.4, 0.5) is 5.69 Å². The fraction of sp³-hybridized carbons (Fsp3) is 0.462. The quantitative estimate of drug-likeness (QED) is 0.839. The summed E-state index contributed by atoms with van der Waals surface area (Å²) in [5, 5.41) is 12.1. The highest BCUT2D eigenvalue weighted by molar-refractivity contribution is 5.62. The van der Waals surface area contributed by atoms with Gasteiger partial charge in [0.05, 0.1) is 6.04 Å². The molecule has 2 atom stereocenters. The molecule has 3 rings (SSSR count). The number of nitrogens with two attached hydrogens (primary N) is 1. The van der Waals surface area contributed by atoms with E-state index in [1.54, 1.807) is 0 Å². The number of anilines is 1. The number of rotatable bonds is 3. The average molecular weight is 243 g/mol. The van der Waals surface area contributed by atoms with Gasteiger partial charge in [0.15, 0.2) is 5.82 Å². The van der Waals surface area contributed by atoms with Gasteiger partial charge in [0.1, 0.15) is 0 Å². The third kappa shape index (κ3) is 1.75. The molecule has 0 saturated heterocycles. The first kappa shape index (κ1) is 11.2. The Bertz CT molecular complexity index is 575. The van der Waals surface area contributed by atoms with E-state index in [2.05, 4.69) is 22.4 Å². The molecule has 2 unspecified atom stereocenters. The number of aromatic nitrogens is 4. The summed E-state index contributed by atoms with van der Waals surface area (Å²) in [5.74, 6) is 1.57. The molecule has 1 fully saturated rings. The summed E-state index contributed by atoms with van der Waals surface area (Å²) in [6, 6.07) is 6.40. The topological polar surface area (TPSA) is 69.6 Å². The van der Waals surface area contributed by atoms with Gasteiger partial charge in [-0.2, -0.15) is 0 Å². The standard InChI is InChI=1S/C13H17N5/c1-3-9-7-12(9)18-13(15-16-17-18)10-4-5-11(14)8(2)6-10/h4-6,9,12H,3,7,14H2,1-2H3. The summed E-state index contributed by atoms with van der Waals surface area (Å²) in [6.45, 7) is 4.21. The first-order chi connectivity index (χ1) is 8.70. The van der Waals surface area contributed by atoms with E-state index in [9.17, 15) is 0 Å². The molecular formula is C13H17N5. The fourth-order valence-electron chi connectivity index (χ4n) is 2.39. The maximum atomic E-state index is 5.84. The van der Waals surface area contributed by atoms with Crippen LogP contribution in [0.1, 0.15) is 31.4 Å². The van der Waals surface area contributed by atoms with Gasteiger partial charge in [-0.15, -0.1) is 5.10 Å². The predicted molar refractivity (Wildman–Crippen MR) is 69.8 cm³/mol. The van der Waals surface area contributed by atoms with Crippen molar-refractivity contribution in [1.82, 2.24) is 20.2 Å². The number of tetrazole rings is 1. The van der Waals surface area contributed by atoms with E-state index in [4.69, 9.17) is 5.73 Å². The molecule has 1 aromatic carbocycles. The third-order valence-electron chi connectivity index (χ3n) is 3.74. The number of nitrogen functional groups attached to an aromatic ring is 1. The third-order valence-corrected chi connectivity index (χ3v) is 3.74. The summed E-state index contributed by atoms with van der Waals surface area (Å²) in [7, 11) is 0. The van der Waals surface area contributed by atoms with Gasteiger partial charge in [0.2, 0.25) is 0 Å². The summed E-state index contributed by atoms with van der Waals surface area (Å²) in [6.07, 6.45) is 2.37. The highest BCUT2D eigenvalue weighted by Crippen LogP contribution is 2.46. The molecule has 2 aromatic rings. The van der Waals surface area contributed by atoms with E-state index in [1.165, 1.54) is 12.8 Å². The molecule has 0 aliphatic heterocycles. The maximum absolute atomic E-state index is 5.84. The number of aryl methyl sites for hydroxylation is 1. The Morgan fingerprint density at radius 1 is 1.44 bits per heavy atom. The lowest BCUT2D eigenvalue weighted by Gasteiger charge is -2.06. The van der Waals surface area contributed by atoms with E-state index in [1.807, 2.05) is 29.8 Å². The van der Waals surface area contributed by atoms with Crippen LogP contribution in [-0.2, 0) is 0 Å². The van der Waals surface area contributed by atoms with E-state index in [-0.39, 0.29) is 0 Å². The van der Waals surface area contributed by atoms with Crippen LogP contribution in [0.3, 0.4) is 0 Å². The Morgan fingerprint density at radius 3 is 2.94 bits per heavy atom. The van der Waals surface area contributed by atoms with Crippen molar-refractivity contribution in [3.8, 4) is 11.4 Å². The first-order valence-corrected chi connectivity index (χ1v) is 6.35. The van der Waals surface area contributed by atoms with E-state index < -0.39 is 0 Å². The summed E-state index contributed by atoms with van der Waals surface area (Å²) in [5.41, 5.74) is 8.73. The Balaban J connectivity index is 1.97. The van der Waals surface area contributed by atoms with Crippen molar-refractivity contribution < 1.29 is 0 Å². The Labute approximate surface area is 106 Å². The summed E-state index contributed by atoms with van der Waals surface area (Å²) in [4.78, 5) is 0. The van der Waals surface area contributed by atoms with E-state index in [0.29, 0.717) is 6.04 Å². The number of hydrogen-bond acceptors (Lipinski definition) is 4. The maximum Gasteiger partial charge on any atom is 0.182 e. The second kappa shape index (κ2) is 4.08. The minimum atomic E-state index is 0.470. The first-order valence-electron chi connectivity index (χ1n) is 6.35. The lowest BCUT2D eigenvalue weighted by Crippen LogP contribution is -2.02. The highest BCUT2D eigenvalue weighted by atomic mass is 15.6. The van der Waals surface area contributed by atoms with Crippen molar-refractivity contribution in [2.24, 2.45) is 5.92 Å². The second-order valence-electron chi connectivity index (χ2n) is 4.99. The smallest absolute Gasteiger partial charge is 0.182 e. The molecule has 5 nitrogen and oxygen atoms in total. The van der Waals surface area contributed by atoms with Crippen LogP contribution in [0, 0.1) is 12.8 Å². The number of nitrogens with zero attached hydrogens (tertiary/aromatic N) is 4. The molecule has 94 valence electrons. The van der Waals surface area contributed by atoms with Crippen molar-refractivity contribution in [2.45, 2.75) is 32.7 Å². The molecule has 1 aliphatic rings. The Hall–Kier alpha value is -1.91. The van der Waals surface area contributed by atoms with Crippen LogP contribution in [-0.4, -0.2) is 20.2 Å². The molecule has 0 amide bonds. The van der Waals surface area contributed by atoms with Gasteiger partial charge < -0.3 is 5.73 Å². The highest BCUT2D eigenvalue weighted by Gasteiger charge is 2.39. The van der Waals surface area contributed by atoms with Gasteiger partial charge in [0.25, 0.3) is 0 Å². The zero-order chi connectivity index (χ0) is 12.7. The SMILES string of the molecule is CCC1CC1n1nnnc1-c1ccc(N)c(C)c1. The van der Waals surface area contributed by atoms with Crippen LogP contribution >= 0.6 is 0 Å². The van der Waals surface area contributed by atoms with Crippen LogP contribution in [0.5, 0.6) is 0 Å². The van der Waals surface area contributed by atoms with Crippen LogP contribution in [0.2, 0.25) is 0 Å². The van der Waals surface area contributed by atoms with E-state index >= 15 is 0 Å². The zero-order valence-corrected chi connectivity index (χ0v) is 10.7. The molecule has 0 radical (unpaired) electrons. The molecule has 0 spiro atoms. The van der Waals surface area contributed by atoms with Crippen molar-refractivity contribution in [3.63, 3.8) is 0 Å². The van der Waals surface area contributed by atoms with Crippen molar-refractivity contribution in [2.75, 3.05) is 5.73 Å². The van der Waals surface area contributed by atoms with Gasteiger partial charge in [-0.25, -0.2) is 4.68 Å². The molecule has 1 aromatic heterocycles. The molecule has 1 saturated carbocycles. The average Bonchev–Trinajstić information content (AvgIpc) is 3.00. The number of hydrogen-bond donors (Lipinski definition) is 1. The molecule has 2 N–H and O–H groups in total. The second-order valence-corrected chi connectivity index (χ2v) is 4.99. The lowest BCUT2D eigenvalue weighted by atomic mass is 10.1. The van der Waals surface area contributed by atoms with E-state index in [0.717, 1.165) is 28.6 Å². The van der Waals surface area contributed by atoms with Crippen LogP contribution in [0.25, 0.3) is 11.4 Å². The Morgan fingerprint density at radius 2 is 2.28 bits per heavy atom. The van der Waals surface area contributed by atoms with Crippen molar-refractivity contribution in [3.05, 3.63) is 23.8 Å². The van der Waals surface area contributed by atoms with Gasteiger partial charge in [-0.1, -0.05) is 13.3 Å². The van der Waals surface area contributed by atoms with Crippen LogP contribution < -0.4 is 5.73 Å². The van der Waals surface area contributed by atoms with Gasteiger partial charge in [-0.3, -0.25) is 0 Å². The fourth-order valence-corrected chi connectivity index (χ4v) is 2.39. The molecular weight excluding hydrogens is 226 g/mol. The molecule has 5 heteroatoms. The molecule has 1 aliphatic carbocycles. The largest absolute Gasteiger partial charge is 0.399 e. The normalized spacial score (nSPS) is 22.1. The lowest BCUT2D eigenvalue weighted by molar-refractivity contribution is 0.563. The van der Waals surface area contributed by atoms with Gasteiger partial charge >= 0.3 is 0 Å². The van der Waals surface area contributed by atoms with Crippen molar-refractivity contribution in [1.29, 1.82) is 0 Å². The van der Waals surface area contributed by atoms with Gasteiger partial charge in [0, 0.05) is 11.3 Å². The molecule has 0 bridgehead atoms. The van der Waals surface area contributed by atoms with Crippen LogP contribution in [0.15, 0.2) is 18.2 Å². The summed E-state index contributed by atoms with van der Waals surface area (Å²) < 4.78 is 1.96. The molecule has 1 heterocycles. The van der Waals surface area contributed by atoms with Gasteiger partial charge in [-0.05, 0) is 53.5 Å². The minimum Gasteiger partial charge on any atom is -0.399 e. The van der Waals surface area contributed by atoms with Crippen molar-refractivity contribution >= 4 is 5.69 Å². The summed E-state index contributed by atoms with van der Waals surface area (Å²) >= 11 is 0. The monoisotopic (exact) mass is 243 g/mol. The number of benzene rings is 1. The minimum absolute atomic E-state index is 0.470. The predicted octanol–water partition coefficient (Wildman–Crippen LogP) is 2.20. The Kier molecular flexibility index (Phi) is 2.54.